The molecular weight excluding hydrogens is 403 g/mol. The summed E-state index contributed by atoms with van der Waals surface area (Å²) >= 11 is 0. The monoisotopic (exact) mass is 444 g/mol. The fourth-order valence-corrected chi connectivity index (χ4v) is 4.16. The Hall–Kier alpha value is 0.790. The molecule has 1 rings (SSSR count). The Morgan fingerprint density at radius 2 is 1.21 bits per heavy atom. The Kier molecular flexibility index (Phi) is 16.9. The van der Waals surface area contributed by atoms with E-state index in [2.05, 4.69) is 11.1 Å². The molecule has 0 unspecified atom stereocenters. The third-order valence-corrected chi connectivity index (χ3v) is 5.69. The summed E-state index contributed by atoms with van der Waals surface area (Å²) in [4.78, 5) is 0. The van der Waals surface area contributed by atoms with Gasteiger partial charge in [0.2, 0.25) is 10.4 Å². The van der Waals surface area contributed by atoms with E-state index in [-0.39, 0.29) is 48.4 Å². The van der Waals surface area contributed by atoms with Crippen molar-refractivity contribution in [2.45, 2.75) is 129 Å². The maximum absolute atomic E-state index is 10.3. The van der Waals surface area contributed by atoms with Gasteiger partial charge in [0.15, 0.2) is 5.79 Å². The summed E-state index contributed by atoms with van der Waals surface area (Å²) < 4.78 is 47.4. The van der Waals surface area contributed by atoms with Crippen LogP contribution in [0.4, 0.5) is 0 Å². The average Bonchev–Trinajstić information content (AvgIpc) is 2.89. The minimum Gasteiger partial charge on any atom is -0.726 e. The maximum Gasteiger partial charge on any atom is 1.00 e. The Balaban J connectivity index is 0.00000784. The summed E-state index contributed by atoms with van der Waals surface area (Å²) in [5.74, 6) is -0.473. The number of hydrogen-bond donors (Lipinski definition) is 0. The molecule has 1 saturated heterocycles. The third kappa shape index (κ3) is 16.1. The summed E-state index contributed by atoms with van der Waals surface area (Å²) in [7, 11) is -4.54. The summed E-state index contributed by atoms with van der Waals surface area (Å²) in [5, 5.41) is 0. The second kappa shape index (κ2) is 16.4. The topological polar surface area (TPSA) is 84.9 Å². The molecule has 2 atom stereocenters. The van der Waals surface area contributed by atoms with E-state index in [4.69, 9.17) is 9.47 Å². The van der Waals surface area contributed by atoms with Crippen molar-refractivity contribution < 1.29 is 56.2 Å². The minimum atomic E-state index is -4.54. The molecule has 6 nitrogen and oxygen atoms in total. The van der Waals surface area contributed by atoms with E-state index in [0.717, 1.165) is 44.9 Å². The van der Waals surface area contributed by atoms with Gasteiger partial charge in [-0.25, -0.2) is 8.42 Å². The molecule has 1 aliphatic heterocycles. The van der Waals surface area contributed by atoms with Crippen molar-refractivity contribution >= 4 is 10.4 Å². The molecule has 1 heterocycles. The van der Waals surface area contributed by atoms with Crippen LogP contribution in [0.1, 0.15) is 111 Å². The van der Waals surface area contributed by atoms with E-state index >= 15 is 0 Å². The van der Waals surface area contributed by atoms with Gasteiger partial charge in [0, 0.05) is 0 Å². The first-order valence-electron chi connectivity index (χ1n) is 11.2. The Bertz CT molecular complexity index is 497. The molecule has 168 valence electrons. The van der Waals surface area contributed by atoms with Crippen LogP contribution in [0.3, 0.4) is 0 Å². The molecule has 0 aromatic carbocycles. The average molecular weight is 445 g/mol. The fourth-order valence-electron chi connectivity index (χ4n) is 3.84. The van der Waals surface area contributed by atoms with E-state index in [1.54, 1.807) is 0 Å². The maximum atomic E-state index is 10.3. The molecule has 0 aromatic heterocycles. The van der Waals surface area contributed by atoms with Crippen molar-refractivity contribution in [2.75, 3.05) is 6.61 Å². The summed E-state index contributed by atoms with van der Waals surface area (Å²) in [5.41, 5.74) is 0. The van der Waals surface area contributed by atoms with Crippen LogP contribution in [0.2, 0.25) is 0 Å². The van der Waals surface area contributed by atoms with Gasteiger partial charge in [0.25, 0.3) is 0 Å². The fraction of sp³-hybridized carbons (Fsp3) is 1.00. The summed E-state index contributed by atoms with van der Waals surface area (Å²) in [6, 6.07) is 0. The molecule has 0 aromatic rings. The van der Waals surface area contributed by atoms with E-state index in [1.165, 1.54) is 38.5 Å². The van der Waals surface area contributed by atoms with Crippen molar-refractivity contribution in [1.29, 1.82) is 0 Å². The molecule has 0 bridgehead atoms. The molecule has 0 aliphatic carbocycles. The number of rotatable bonds is 17. The van der Waals surface area contributed by atoms with Crippen LogP contribution in [-0.2, 0) is 24.1 Å². The van der Waals surface area contributed by atoms with Crippen LogP contribution < -0.4 is 29.6 Å². The normalized spacial score (nSPS) is 21.2. The Labute approximate surface area is 201 Å². The zero-order valence-electron chi connectivity index (χ0n) is 19.1. The largest absolute Gasteiger partial charge is 1.00 e. The predicted octanol–water partition coefficient (Wildman–Crippen LogP) is 2.47. The molecule has 29 heavy (non-hydrogen) atoms. The van der Waals surface area contributed by atoms with Crippen molar-refractivity contribution in [3.8, 4) is 0 Å². The summed E-state index contributed by atoms with van der Waals surface area (Å²) in [6.07, 6.45) is 16.2. The Morgan fingerprint density at radius 3 is 1.66 bits per heavy atom. The molecule has 1 fully saturated rings. The van der Waals surface area contributed by atoms with Crippen molar-refractivity contribution in [3.05, 3.63) is 0 Å². The first-order valence-corrected chi connectivity index (χ1v) is 12.5. The van der Waals surface area contributed by atoms with Crippen LogP contribution in [0, 0.1) is 0 Å². The molecule has 0 radical (unpaired) electrons. The van der Waals surface area contributed by atoms with Crippen molar-refractivity contribution in [2.24, 2.45) is 0 Å². The predicted molar refractivity (Wildman–Crippen MR) is 110 cm³/mol. The molecule has 0 spiro atoms. The molecule has 0 amide bonds. The van der Waals surface area contributed by atoms with Gasteiger partial charge in [-0.1, -0.05) is 77.6 Å². The Morgan fingerprint density at radius 1 is 0.793 bits per heavy atom. The molecule has 0 saturated carbocycles. The smallest absolute Gasteiger partial charge is 0.726 e. The van der Waals surface area contributed by atoms with Crippen LogP contribution >= 0.6 is 0 Å². The van der Waals surface area contributed by atoms with Gasteiger partial charge in [-0.05, 0) is 33.1 Å². The second-order valence-corrected chi connectivity index (χ2v) is 9.46. The van der Waals surface area contributed by atoms with Crippen LogP contribution in [0.25, 0.3) is 0 Å². The SMILES string of the molecule is CCCCCCCC[C@H]1OC(C)(C)O[C@@H]1CCCCCCCCOS(=O)(=O)[O-].[Na+]. The van der Waals surface area contributed by atoms with Gasteiger partial charge >= 0.3 is 29.6 Å². The van der Waals surface area contributed by atoms with Crippen LogP contribution in [0.5, 0.6) is 0 Å². The van der Waals surface area contributed by atoms with Gasteiger partial charge in [-0.15, -0.1) is 0 Å². The molecular formula is C21H41NaO6S. The van der Waals surface area contributed by atoms with Gasteiger partial charge in [0.05, 0.1) is 18.8 Å². The van der Waals surface area contributed by atoms with Gasteiger partial charge in [0.1, 0.15) is 0 Å². The standard InChI is InChI=1S/C21H42O6S.Na/c1-4-5-6-7-10-13-16-19-20(27-21(2,3)26-19)17-14-11-8-9-12-15-18-25-28(22,23)24;/h19-20H,4-18H2,1-3H3,(H,22,23,24);/q;+1/p-1/t19-,20-;/m1./s1. The van der Waals surface area contributed by atoms with E-state index in [9.17, 15) is 13.0 Å². The zero-order chi connectivity index (χ0) is 20.9. The van der Waals surface area contributed by atoms with E-state index in [0.29, 0.717) is 6.42 Å². The van der Waals surface area contributed by atoms with Crippen LogP contribution in [-0.4, -0.2) is 37.6 Å². The summed E-state index contributed by atoms with van der Waals surface area (Å²) in [6.45, 7) is 6.25. The number of ether oxygens (including phenoxy) is 2. The molecule has 0 N–H and O–H groups in total. The number of unbranched alkanes of at least 4 members (excludes halogenated alkanes) is 10. The van der Waals surface area contributed by atoms with Gasteiger partial charge in [-0.3, -0.25) is 4.18 Å². The molecule has 8 heteroatoms. The number of hydrogen-bond acceptors (Lipinski definition) is 6. The van der Waals surface area contributed by atoms with Gasteiger partial charge in [-0.2, -0.15) is 0 Å². The van der Waals surface area contributed by atoms with Crippen molar-refractivity contribution in [1.82, 2.24) is 0 Å². The minimum absolute atomic E-state index is 0. The zero-order valence-corrected chi connectivity index (χ0v) is 21.9. The van der Waals surface area contributed by atoms with Gasteiger partial charge < -0.3 is 14.0 Å². The third-order valence-electron chi connectivity index (χ3n) is 5.24. The van der Waals surface area contributed by atoms with Crippen molar-refractivity contribution in [3.63, 3.8) is 0 Å². The second-order valence-electron chi connectivity index (χ2n) is 8.41. The van der Waals surface area contributed by atoms with E-state index in [1.807, 2.05) is 13.8 Å². The van der Waals surface area contributed by atoms with Crippen LogP contribution in [0.15, 0.2) is 0 Å². The first-order chi connectivity index (χ1) is 13.2. The molecule has 1 aliphatic rings. The van der Waals surface area contributed by atoms with E-state index < -0.39 is 16.2 Å². The quantitative estimate of drug-likeness (QED) is 0.148. The first kappa shape index (κ1) is 29.8.